The lowest BCUT2D eigenvalue weighted by molar-refractivity contribution is -0.137. The van der Waals surface area contributed by atoms with Gasteiger partial charge in [-0.05, 0) is 13.8 Å². The third kappa shape index (κ3) is 2.61. The van der Waals surface area contributed by atoms with E-state index in [1.165, 1.54) is 7.11 Å². The molecule has 0 spiro atoms. The van der Waals surface area contributed by atoms with Gasteiger partial charge in [-0.3, -0.25) is 0 Å². The highest BCUT2D eigenvalue weighted by atomic mass is 31.2. The molecule has 1 rings (SSSR count). The molecule has 1 fully saturated rings. The van der Waals surface area contributed by atoms with Gasteiger partial charge in [0.15, 0.2) is 0 Å². The molecule has 0 amide bonds. The fourth-order valence-corrected chi connectivity index (χ4v) is 3.05. The summed E-state index contributed by atoms with van der Waals surface area (Å²) in [5, 5.41) is 0. The summed E-state index contributed by atoms with van der Waals surface area (Å²) in [4.78, 5) is 20.6. The summed E-state index contributed by atoms with van der Waals surface area (Å²) < 4.78 is 14.8. The predicted molar refractivity (Wildman–Crippen MR) is 47.1 cm³/mol. The molecule has 1 saturated heterocycles. The summed E-state index contributed by atoms with van der Waals surface area (Å²) in [5.74, 6) is -0.517. The lowest BCUT2D eigenvalue weighted by atomic mass is 10.3. The third-order valence-electron chi connectivity index (χ3n) is 1.88. The van der Waals surface area contributed by atoms with Crippen LogP contribution < -0.4 is 0 Å². The average molecular weight is 209 g/mol. The van der Waals surface area contributed by atoms with Crippen LogP contribution in [0.4, 0.5) is 0 Å². The van der Waals surface area contributed by atoms with Crippen molar-refractivity contribution in [3.63, 3.8) is 0 Å². The number of ether oxygens (including phenoxy) is 1. The van der Waals surface area contributed by atoms with Crippen molar-refractivity contribution in [3.8, 4) is 0 Å². The van der Waals surface area contributed by atoms with Crippen LogP contribution in [0.5, 0.6) is 0 Å². The van der Waals surface area contributed by atoms with Gasteiger partial charge in [-0.25, -0.2) is 4.79 Å². The van der Waals surface area contributed by atoms with Crippen molar-refractivity contribution in [1.82, 2.24) is 0 Å². The first-order valence-corrected chi connectivity index (χ1v) is 5.77. The topological polar surface area (TPSA) is 65.0 Å². The molecule has 1 N–H and O–H groups in total. The highest BCUT2D eigenvalue weighted by Crippen LogP contribution is 2.63. The van der Waals surface area contributed by atoms with E-state index in [0.717, 1.165) is 0 Å². The molecule has 0 saturated carbocycles. The molecular formula is C7H14O5P+. The van der Waals surface area contributed by atoms with Crippen molar-refractivity contribution in [2.24, 2.45) is 0 Å². The van der Waals surface area contributed by atoms with E-state index in [1.54, 1.807) is 13.8 Å². The Labute approximate surface area is 77.6 Å². The van der Waals surface area contributed by atoms with Gasteiger partial charge in [0.25, 0.3) is 0 Å². The maximum atomic E-state index is 10.9. The van der Waals surface area contributed by atoms with Crippen molar-refractivity contribution in [2.45, 2.75) is 26.1 Å². The minimum Gasteiger partial charge on any atom is -0.466 e. The summed E-state index contributed by atoms with van der Waals surface area (Å²) in [5.41, 5.74) is 0. The second kappa shape index (κ2) is 3.88. The van der Waals surface area contributed by atoms with Crippen LogP contribution in [-0.2, 0) is 18.6 Å². The first-order valence-electron chi connectivity index (χ1n) is 4.01. The molecule has 0 aromatic heterocycles. The van der Waals surface area contributed by atoms with E-state index < -0.39 is 13.9 Å². The monoisotopic (exact) mass is 209 g/mol. The fourth-order valence-electron chi connectivity index (χ4n) is 1.02. The number of rotatable bonds is 2. The molecule has 2 atom stereocenters. The minimum absolute atomic E-state index is 0.178. The van der Waals surface area contributed by atoms with Gasteiger partial charge < -0.3 is 4.74 Å². The molecule has 1 heterocycles. The van der Waals surface area contributed by atoms with Gasteiger partial charge >= 0.3 is 13.9 Å². The quantitative estimate of drug-likeness (QED) is 0.536. The van der Waals surface area contributed by atoms with Gasteiger partial charge in [-0.15, -0.1) is 0 Å². The van der Waals surface area contributed by atoms with Crippen LogP contribution in [0, 0.1) is 0 Å². The summed E-state index contributed by atoms with van der Waals surface area (Å²) in [6, 6.07) is 0. The van der Waals surface area contributed by atoms with E-state index in [4.69, 9.17) is 9.05 Å². The van der Waals surface area contributed by atoms with Gasteiger partial charge in [-0.2, -0.15) is 13.9 Å². The lowest BCUT2D eigenvalue weighted by Gasteiger charge is -2.07. The largest absolute Gasteiger partial charge is 0.466 e. The van der Waals surface area contributed by atoms with E-state index in [2.05, 4.69) is 4.74 Å². The van der Waals surface area contributed by atoms with Gasteiger partial charge in [0.1, 0.15) is 12.2 Å². The van der Waals surface area contributed by atoms with E-state index >= 15 is 0 Å². The Hall–Kier alpha value is -0.220. The molecule has 6 heteroatoms. The third-order valence-corrected chi connectivity index (χ3v) is 3.86. The molecule has 1 aliphatic rings. The minimum atomic E-state index is -2.98. The Balaban J connectivity index is 2.54. The van der Waals surface area contributed by atoms with E-state index in [1.807, 2.05) is 0 Å². The number of esters is 1. The summed E-state index contributed by atoms with van der Waals surface area (Å²) in [7, 11) is -1.72. The predicted octanol–water partition coefficient (Wildman–Crippen LogP) is 0.738. The molecule has 0 aromatic carbocycles. The highest BCUT2D eigenvalue weighted by Gasteiger charge is 2.55. The van der Waals surface area contributed by atoms with E-state index in [9.17, 15) is 9.69 Å². The average Bonchev–Trinajstić information content (AvgIpc) is 2.25. The van der Waals surface area contributed by atoms with Gasteiger partial charge in [0, 0.05) is 0 Å². The van der Waals surface area contributed by atoms with Gasteiger partial charge in [0.2, 0.25) is 6.16 Å². The van der Waals surface area contributed by atoms with Crippen LogP contribution in [0.3, 0.4) is 0 Å². The molecule has 5 nitrogen and oxygen atoms in total. The first-order chi connectivity index (χ1) is 5.97. The standard InChI is InChI=1S/C7H14O5P/c1-5-6(2)12-13(9,11-5)4-7(8)10-3/h5-6,9H,4H2,1-3H3/q+1. The number of methoxy groups -OCH3 is 1. The van der Waals surface area contributed by atoms with Crippen LogP contribution in [0.25, 0.3) is 0 Å². The summed E-state index contributed by atoms with van der Waals surface area (Å²) in [6.45, 7) is 3.58. The van der Waals surface area contributed by atoms with Crippen LogP contribution in [0.15, 0.2) is 0 Å². The summed E-state index contributed by atoms with van der Waals surface area (Å²) in [6.07, 6.45) is -0.552. The maximum Gasteiger partial charge on any atom is 0.421 e. The van der Waals surface area contributed by atoms with Crippen molar-refractivity contribution in [1.29, 1.82) is 0 Å². The van der Waals surface area contributed by atoms with Crippen LogP contribution in [0.2, 0.25) is 0 Å². The molecule has 0 radical (unpaired) electrons. The maximum absolute atomic E-state index is 10.9. The zero-order chi connectivity index (χ0) is 10.1. The van der Waals surface area contributed by atoms with E-state index in [0.29, 0.717) is 0 Å². The number of carbonyl (C=O) groups is 1. The van der Waals surface area contributed by atoms with Crippen molar-refractivity contribution in [2.75, 3.05) is 13.3 Å². The molecule has 2 unspecified atom stereocenters. The first kappa shape index (κ1) is 10.9. The van der Waals surface area contributed by atoms with Crippen molar-refractivity contribution < 1.29 is 23.5 Å². The molecule has 1 aliphatic heterocycles. The van der Waals surface area contributed by atoms with Gasteiger partial charge in [-0.1, -0.05) is 0 Å². The number of hydrogen-bond acceptors (Lipinski definition) is 5. The normalized spacial score (nSPS) is 39.1. The van der Waals surface area contributed by atoms with Crippen LogP contribution >= 0.6 is 7.94 Å². The Morgan fingerprint density at radius 2 is 1.92 bits per heavy atom. The number of carbonyl (C=O) groups excluding carboxylic acids is 1. The zero-order valence-corrected chi connectivity index (χ0v) is 8.78. The SMILES string of the molecule is COC(=O)C[P+]1(O)OC(C)C(C)O1. The molecular weight excluding hydrogens is 195 g/mol. The van der Waals surface area contributed by atoms with E-state index in [-0.39, 0.29) is 18.4 Å². The second-order valence-electron chi connectivity index (χ2n) is 2.99. The Morgan fingerprint density at radius 3 is 2.31 bits per heavy atom. The van der Waals surface area contributed by atoms with Crippen molar-refractivity contribution >= 4 is 13.9 Å². The smallest absolute Gasteiger partial charge is 0.421 e. The van der Waals surface area contributed by atoms with Gasteiger partial charge in [0.05, 0.1) is 7.11 Å². The Morgan fingerprint density at radius 1 is 1.46 bits per heavy atom. The molecule has 0 bridgehead atoms. The molecule has 0 aliphatic carbocycles. The molecule has 0 aromatic rings. The Kier molecular flexibility index (Phi) is 3.24. The molecule has 13 heavy (non-hydrogen) atoms. The highest BCUT2D eigenvalue weighted by molar-refractivity contribution is 7.61. The lowest BCUT2D eigenvalue weighted by Crippen LogP contribution is -2.13. The van der Waals surface area contributed by atoms with Crippen molar-refractivity contribution in [3.05, 3.63) is 0 Å². The second-order valence-corrected chi connectivity index (χ2v) is 5.01. The molecule has 76 valence electrons. The number of hydrogen-bond donors (Lipinski definition) is 1. The van der Waals surface area contributed by atoms with Crippen LogP contribution in [0.1, 0.15) is 13.8 Å². The summed E-state index contributed by atoms with van der Waals surface area (Å²) >= 11 is 0. The zero-order valence-electron chi connectivity index (χ0n) is 7.89. The Bertz CT molecular complexity index is 197. The fraction of sp³-hybridized carbons (Fsp3) is 0.857. The van der Waals surface area contributed by atoms with Crippen LogP contribution in [-0.4, -0.2) is 36.3 Å².